The molecule has 2 aliphatic heterocycles. The van der Waals surface area contributed by atoms with Crippen LogP contribution in [0.4, 0.5) is 10.1 Å². The van der Waals surface area contributed by atoms with Crippen LogP contribution in [0.25, 0.3) is 0 Å². The third-order valence-electron chi connectivity index (χ3n) is 7.87. The minimum atomic E-state index is -0.211. The van der Waals surface area contributed by atoms with Crippen molar-refractivity contribution in [1.29, 1.82) is 0 Å². The van der Waals surface area contributed by atoms with E-state index in [1.165, 1.54) is 11.6 Å². The van der Waals surface area contributed by atoms with E-state index in [1.54, 1.807) is 20.3 Å². The van der Waals surface area contributed by atoms with Crippen molar-refractivity contribution in [2.24, 2.45) is 5.92 Å². The first kappa shape index (κ1) is 22.4. The average Bonchev–Trinajstić information content (AvgIpc) is 3.09. The molecule has 5 nitrogen and oxygen atoms in total. The summed E-state index contributed by atoms with van der Waals surface area (Å²) in [6.45, 7) is 3.91. The summed E-state index contributed by atoms with van der Waals surface area (Å²) in [5.41, 5.74) is 4.07. The Labute approximate surface area is 195 Å². The molecule has 2 heterocycles. The lowest BCUT2D eigenvalue weighted by Crippen LogP contribution is -2.47. The number of carbonyl (C=O) groups is 1. The predicted octanol–water partition coefficient (Wildman–Crippen LogP) is 4.66. The first-order valence-corrected chi connectivity index (χ1v) is 12.0. The number of likely N-dealkylation sites (tertiary alicyclic amines) is 1. The summed E-state index contributed by atoms with van der Waals surface area (Å²) in [6, 6.07) is 11.3. The Balaban J connectivity index is 1.31. The van der Waals surface area contributed by atoms with E-state index < -0.39 is 0 Å². The van der Waals surface area contributed by atoms with Crippen LogP contribution >= 0.6 is 0 Å². The molecule has 0 aromatic heterocycles. The van der Waals surface area contributed by atoms with E-state index in [1.807, 2.05) is 11.0 Å². The fourth-order valence-electron chi connectivity index (χ4n) is 5.70. The van der Waals surface area contributed by atoms with Crippen LogP contribution < -0.4 is 9.64 Å². The van der Waals surface area contributed by atoms with E-state index in [2.05, 4.69) is 23.1 Å². The smallest absolute Gasteiger partial charge is 0.230 e. The Morgan fingerprint density at radius 3 is 2.58 bits per heavy atom. The van der Waals surface area contributed by atoms with Gasteiger partial charge in [0.15, 0.2) is 0 Å². The van der Waals surface area contributed by atoms with Crippen LogP contribution in [-0.4, -0.2) is 44.7 Å². The van der Waals surface area contributed by atoms with Gasteiger partial charge < -0.3 is 14.4 Å². The number of methoxy groups -OCH3 is 2. The number of anilines is 1. The monoisotopic (exact) mass is 452 g/mol. The molecule has 2 aromatic carbocycles. The van der Waals surface area contributed by atoms with Gasteiger partial charge >= 0.3 is 0 Å². The second kappa shape index (κ2) is 9.07. The third-order valence-corrected chi connectivity index (χ3v) is 7.87. The molecule has 5 rings (SSSR count). The van der Waals surface area contributed by atoms with E-state index in [0.717, 1.165) is 74.3 Å². The summed E-state index contributed by atoms with van der Waals surface area (Å²) in [4.78, 5) is 17.6. The molecule has 2 aromatic rings. The minimum Gasteiger partial charge on any atom is -0.496 e. The normalized spacial score (nSPS) is 20.0. The van der Waals surface area contributed by atoms with E-state index in [-0.39, 0.29) is 23.1 Å². The predicted molar refractivity (Wildman–Crippen MR) is 126 cm³/mol. The van der Waals surface area contributed by atoms with Crippen LogP contribution in [0.2, 0.25) is 0 Å². The Morgan fingerprint density at radius 1 is 1.12 bits per heavy atom. The highest BCUT2D eigenvalue weighted by atomic mass is 19.1. The number of hydrogen-bond donors (Lipinski definition) is 0. The first-order chi connectivity index (χ1) is 16.0. The third kappa shape index (κ3) is 4.15. The van der Waals surface area contributed by atoms with Crippen molar-refractivity contribution < 1.29 is 18.7 Å². The molecule has 1 saturated carbocycles. The lowest BCUT2D eigenvalue weighted by molar-refractivity contribution is -0.124. The summed E-state index contributed by atoms with van der Waals surface area (Å²) < 4.78 is 25.1. The van der Waals surface area contributed by atoms with E-state index >= 15 is 0 Å². The molecular formula is C27H33FN2O3. The fraction of sp³-hybridized carbons (Fsp3) is 0.519. The first-order valence-electron chi connectivity index (χ1n) is 12.0. The fourth-order valence-corrected chi connectivity index (χ4v) is 5.70. The molecule has 0 bridgehead atoms. The number of nitrogens with zero attached hydrogens (tertiary/aromatic N) is 2. The molecule has 1 amide bonds. The maximum absolute atomic E-state index is 14.3. The van der Waals surface area contributed by atoms with Gasteiger partial charge in [0.05, 0.1) is 13.7 Å². The number of benzene rings is 2. The summed E-state index contributed by atoms with van der Waals surface area (Å²) in [5, 5.41) is 0. The highest BCUT2D eigenvalue weighted by Crippen LogP contribution is 2.48. The highest BCUT2D eigenvalue weighted by Gasteiger charge is 2.47. The molecule has 0 N–H and O–H groups in total. The zero-order chi connectivity index (χ0) is 23.0. The minimum absolute atomic E-state index is 0.145. The van der Waals surface area contributed by atoms with E-state index in [9.17, 15) is 9.18 Å². The van der Waals surface area contributed by atoms with Crippen LogP contribution in [0, 0.1) is 11.7 Å². The number of ether oxygens (including phenoxy) is 2. The zero-order valence-electron chi connectivity index (χ0n) is 19.6. The number of rotatable bonds is 6. The Hall–Kier alpha value is -2.44. The number of carbonyl (C=O) groups excluding carboxylic acids is 1. The zero-order valence-corrected chi connectivity index (χ0v) is 19.6. The van der Waals surface area contributed by atoms with Crippen molar-refractivity contribution in [2.45, 2.75) is 50.7 Å². The Bertz CT molecular complexity index is 1030. The van der Waals surface area contributed by atoms with Crippen LogP contribution in [0.15, 0.2) is 36.4 Å². The van der Waals surface area contributed by atoms with Gasteiger partial charge in [0.25, 0.3) is 0 Å². The molecule has 0 radical (unpaired) electrons. The number of hydrogen-bond acceptors (Lipinski definition) is 4. The van der Waals surface area contributed by atoms with Crippen LogP contribution in [0.5, 0.6) is 5.75 Å². The summed E-state index contributed by atoms with van der Waals surface area (Å²) in [7, 11) is 3.38. The van der Waals surface area contributed by atoms with Crippen molar-refractivity contribution in [3.63, 3.8) is 0 Å². The number of amides is 1. The van der Waals surface area contributed by atoms with E-state index in [4.69, 9.17) is 9.47 Å². The molecule has 3 aliphatic rings. The summed E-state index contributed by atoms with van der Waals surface area (Å²) in [6.07, 6.45) is 4.96. The molecule has 6 heteroatoms. The topological polar surface area (TPSA) is 42.0 Å². The maximum atomic E-state index is 14.3. The van der Waals surface area contributed by atoms with Crippen molar-refractivity contribution in [3.8, 4) is 5.75 Å². The van der Waals surface area contributed by atoms with E-state index in [0.29, 0.717) is 13.2 Å². The molecule has 0 unspecified atom stereocenters. The van der Waals surface area contributed by atoms with Crippen molar-refractivity contribution in [1.82, 2.24) is 4.90 Å². The molecule has 2 fully saturated rings. The molecule has 176 valence electrons. The van der Waals surface area contributed by atoms with Gasteiger partial charge in [-0.1, -0.05) is 18.6 Å². The lowest BCUT2D eigenvalue weighted by atomic mass is 9.74. The maximum Gasteiger partial charge on any atom is 0.230 e. The van der Waals surface area contributed by atoms with Gasteiger partial charge in [-0.05, 0) is 74.2 Å². The Kier molecular flexibility index (Phi) is 6.14. The highest BCUT2D eigenvalue weighted by molar-refractivity contribution is 5.98. The van der Waals surface area contributed by atoms with Crippen LogP contribution in [-0.2, 0) is 28.1 Å². The molecular weight excluding hydrogens is 419 g/mol. The molecule has 33 heavy (non-hydrogen) atoms. The molecule has 0 atom stereocenters. The second-order valence-electron chi connectivity index (χ2n) is 9.85. The average molecular weight is 453 g/mol. The summed E-state index contributed by atoms with van der Waals surface area (Å²) >= 11 is 0. The molecule has 1 spiro atoms. The molecule has 1 saturated heterocycles. The largest absolute Gasteiger partial charge is 0.496 e. The second-order valence-corrected chi connectivity index (χ2v) is 9.85. The van der Waals surface area contributed by atoms with Crippen LogP contribution in [0.3, 0.4) is 0 Å². The quantitative estimate of drug-likeness (QED) is 0.639. The van der Waals surface area contributed by atoms with Gasteiger partial charge in [0.1, 0.15) is 11.6 Å². The summed E-state index contributed by atoms with van der Waals surface area (Å²) in [5.74, 6) is 1.02. The SMILES string of the molecule is COCc1ccc(CN2CCC3(CC2)CN(C(=O)C2CCC2)c2ccc(F)cc23)cc1OC. The van der Waals surface area contributed by atoms with Gasteiger partial charge in [-0.2, -0.15) is 0 Å². The van der Waals surface area contributed by atoms with Gasteiger partial charge in [0.2, 0.25) is 5.91 Å². The van der Waals surface area contributed by atoms with Crippen LogP contribution in [0.1, 0.15) is 48.8 Å². The van der Waals surface area contributed by atoms with Gasteiger partial charge in [-0.15, -0.1) is 0 Å². The number of halogens is 1. The Morgan fingerprint density at radius 2 is 1.91 bits per heavy atom. The molecule has 1 aliphatic carbocycles. The van der Waals surface area contributed by atoms with Crippen molar-refractivity contribution >= 4 is 11.6 Å². The standard InChI is InChI=1S/C27H33FN2O3/c1-32-17-21-7-6-19(14-25(21)33-2)16-29-12-10-27(11-13-29)18-30(26(31)20-4-3-5-20)24-9-8-22(28)15-23(24)27/h6-9,14-15,20H,3-5,10-13,16-18H2,1-2H3. The van der Waals surface area contributed by atoms with Crippen molar-refractivity contribution in [2.75, 3.05) is 38.8 Å². The number of piperidine rings is 1. The van der Waals surface area contributed by atoms with Gasteiger partial charge in [0, 0.05) is 42.8 Å². The van der Waals surface area contributed by atoms with Gasteiger partial charge in [-0.3, -0.25) is 9.69 Å². The lowest BCUT2D eigenvalue weighted by Gasteiger charge is -2.40. The van der Waals surface area contributed by atoms with Gasteiger partial charge in [-0.25, -0.2) is 4.39 Å². The van der Waals surface area contributed by atoms with Crippen molar-refractivity contribution in [3.05, 3.63) is 58.9 Å². The number of fused-ring (bicyclic) bond motifs is 2.